The molecule has 0 aromatic heterocycles. The molecule has 1 unspecified atom stereocenters. The molecule has 4 heteroatoms. The summed E-state index contributed by atoms with van der Waals surface area (Å²) in [7, 11) is 0. The molecule has 1 aromatic rings. The van der Waals surface area contributed by atoms with Gasteiger partial charge in [0.15, 0.2) is 5.78 Å². The largest absolute Gasteiger partial charge is 0.412 e. The molecule has 1 aliphatic carbocycles. The van der Waals surface area contributed by atoms with Crippen LogP contribution in [0.3, 0.4) is 0 Å². The number of carbonyl (C=O) groups excluding carboxylic acids is 1. The van der Waals surface area contributed by atoms with Crippen LogP contribution in [-0.4, -0.2) is 22.8 Å². The van der Waals surface area contributed by atoms with E-state index < -0.39 is 0 Å². The molecule has 3 N–H and O–H groups in total. The lowest BCUT2D eigenvalue weighted by Gasteiger charge is -2.28. The Kier molecular flexibility index (Phi) is 14.6. The summed E-state index contributed by atoms with van der Waals surface area (Å²) in [4.78, 5) is 13.6. The van der Waals surface area contributed by atoms with Crippen LogP contribution in [0.15, 0.2) is 89.8 Å². The number of hydrogen-bond acceptors (Lipinski definition) is 2. The zero-order valence-electron chi connectivity index (χ0n) is 20.8. The van der Waals surface area contributed by atoms with Crippen LogP contribution in [0.1, 0.15) is 63.4 Å². The van der Waals surface area contributed by atoms with Gasteiger partial charge in [0.1, 0.15) is 0 Å². The molecule has 0 saturated carbocycles. The van der Waals surface area contributed by atoms with Crippen LogP contribution in [0, 0.1) is 5.92 Å². The van der Waals surface area contributed by atoms with Gasteiger partial charge < -0.3 is 10.8 Å². The average Bonchev–Trinajstić information content (AvgIpc) is 3.32. The van der Waals surface area contributed by atoms with Crippen molar-refractivity contribution in [1.82, 2.24) is 5.32 Å². The van der Waals surface area contributed by atoms with E-state index in [9.17, 15) is 4.79 Å². The van der Waals surface area contributed by atoms with Gasteiger partial charge in [-0.25, -0.2) is 0 Å². The van der Waals surface area contributed by atoms with Gasteiger partial charge in [-0.1, -0.05) is 95.9 Å². The molecule has 0 radical (unpaired) electrons. The number of benzene rings is 1. The van der Waals surface area contributed by atoms with Crippen molar-refractivity contribution >= 4 is 23.0 Å². The minimum Gasteiger partial charge on any atom is -0.412 e. The Hall–Kier alpha value is -2.78. The van der Waals surface area contributed by atoms with E-state index in [0.717, 1.165) is 52.1 Å². The summed E-state index contributed by atoms with van der Waals surface area (Å²) in [6, 6.07) is 7.87. The number of nitrogens with one attached hydrogen (secondary N) is 1. The quantitative estimate of drug-likeness (QED) is 0.221. The SMILES string of the molecule is C=C=C1/C(=C/C2=CC(C(=O)c3ccc(CC)cc3)=CC2)CNC(=S)C1CC=C.CC.CC.O. The van der Waals surface area contributed by atoms with E-state index in [1.54, 1.807) is 0 Å². The van der Waals surface area contributed by atoms with Gasteiger partial charge in [-0.15, -0.1) is 12.3 Å². The topological polar surface area (TPSA) is 60.6 Å². The molecule has 1 heterocycles. The maximum absolute atomic E-state index is 12.8. The summed E-state index contributed by atoms with van der Waals surface area (Å²) < 4.78 is 0. The van der Waals surface area contributed by atoms with Crippen LogP contribution < -0.4 is 5.32 Å². The minimum atomic E-state index is 0. The first-order valence-electron chi connectivity index (χ1n) is 11.6. The monoisotopic (exact) mass is 465 g/mol. The maximum atomic E-state index is 12.8. The zero-order chi connectivity index (χ0) is 24.1. The molecule has 1 aliphatic heterocycles. The van der Waals surface area contributed by atoms with Gasteiger partial charge in [0.2, 0.25) is 0 Å². The van der Waals surface area contributed by atoms with Crippen molar-refractivity contribution < 1.29 is 10.3 Å². The van der Waals surface area contributed by atoms with Crippen molar-refractivity contribution in [3.8, 4) is 0 Å². The highest BCUT2D eigenvalue weighted by atomic mass is 32.1. The van der Waals surface area contributed by atoms with Crippen molar-refractivity contribution in [1.29, 1.82) is 0 Å². The lowest BCUT2D eigenvalue weighted by molar-refractivity contribution is 0.103. The smallest absolute Gasteiger partial charge is 0.192 e. The second-order valence-electron chi connectivity index (χ2n) is 7.02. The lowest BCUT2D eigenvalue weighted by Crippen LogP contribution is -2.37. The maximum Gasteiger partial charge on any atom is 0.192 e. The number of hydrogen-bond donors (Lipinski definition) is 1. The normalized spacial score (nSPS) is 17.6. The fraction of sp³-hybridized carbons (Fsp3) is 0.345. The first-order valence-corrected chi connectivity index (χ1v) is 12.0. The number of thiocarbonyl (C=S) groups is 1. The van der Waals surface area contributed by atoms with Gasteiger partial charge in [-0.3, -0.25) is 4.79 Å². The highest BCUT2D eigenvalue weighted by molar-refractivity contribution is 7.80. The first kappa shape index (κ1) is 30.2. The van der Waals surface area contributed by atoms with Crippen LogP contribution in [-0.2, 0) is 6.42 Å². The van der Waals surface area contributed by atoms with E-state index in [2.05, 4.69) is 37.2 Å². The number of rotatable bonds is 6. The Morgan fingerprint density at radius 2 is 1.85 bits per heavy atom. The van der Waals surface area contributed by atoms with Crippen LogP contribution in [0.4, 0.5) is 0 Å². The van der Waals surface area contributed by atoms with Gasteiger partial charge in [0.05, 0.1) is 4.99 Å². The Balaban J connectivity index is 0.00000194. The zero-order valence-corrected chi connectivity index (χ0v) is 21.6. The highest BCUT2D eigenvalue weighted by Crippen LogP contribution is 2.30. The molecule has 33 heavy (non-hydrogen) atoms. The molecule has 2 aliphatic rings. The van der Waals surface area contributed by atoms with E-state index in [1.165, 1.54) is 5.56 Å². The summed E-state index contributed by atoms with van der Waals surface area (Å²) in [5, 5.41) is 3.29. The molecule has 0 bridgehead atoms. The summed E-state index contributed by atoms with van der Waals surface area (Å²) >= 11 is 5.45. The van der Waals surface area contributed by atoms with Crippen molar-refractivity contribution in [2.45, 2.75) is 53.9 Å². The molecule has 1 aromatic carbocycles. The molecule has 178 valence electrons. The van der Waals surface area contributed by atoms with E-state index >= 15 is 0 Å². The molecule has 1 saturated heterocycles. The number of allylic oxidation sites excluding steroid dienone is 6. The fourth-order valence-electron chi connectivity index (χ4n) is 3.60. The number of aryl methyl sites for hydroxylation is 1. The predicted octanol–water partition coefficient (Wildman–Crippen LogP) is 6.68. The Labute approximate surface area is 205 Å². The van der Waals surface area contributed by atoms with Gasteiger partial charge >= 0.3 is 0 Å². The Morgan fingerprint density at radius 3 is 2.39 bits per heavy atom. The third-order valence-corrected chi connectivity index (χ3v) is 5.63. The second kappa shape index (κ2) is 15.9. The van der Waals surface area contributed by atoms with Gasteiger partial charge in [0, 0.05) is 29.2 Å². The van der Waals surface area contributed by atoms with E-state index in [0.29, 0.717) is 6.54 Å². The second-order valence-corrected chi connectivity index (χ2v) is 7.46. The highest BCUT2D eigenvalue weighted by Gasteiger charge is 2.26. The molecule has 0 amide bonds. The van der Waals surface area contributed by atoms with Crippen molar-refractivity contribution in [3.63, 3.8) is 0 Å². The molecule has 0 spiro atoms. The third kappa shape index (κ3) is 7.94. The predicted molar refractivity (Wildman–Crippen MR) is 147 cm³/mol. The van der Waals surface area contributed by atoms with Gasteiger partial charge in [-0.05, 0) is 42.0 Å². The van der Waals surface area contributed by atoms with Crippen molar-refractivity contribution in [2.75, 3.05) is 6.54 Å². The van der Waals surface area contributed by atoms with Crippen LogP contribution in [0.5, 0.6) is 0 Å². The summed E-state index contributed by atoms with van der Waals surface area (Å²) in [5.74, 6) is 0.140. The average molecular weight is 466 g/mol. The first-order chi connectivity index (χ1) is 15.6. The number of carbonyl (C=O) groups is 1. The van der Waals surface area contributed by atoms with Crippen LogP contribution in [0.25, 0.3) is 0 Å². The molecular weight excluding hydrogens is 426 g/mol. The molecule has 3 nitrogen and oxygen atoms in total. The fourth-order valence-corrected chi connectivity index (χ4v) is 3.89. The van der Waals surface area contributed by atoms with Gasteiger partial charge in [-0.2, -0.15) is 0 Å². The third-order valence-electron chi connectivity index (χ3n) is 5.20. The molecule has 1 fully saturated rings. The van der Waals surface area contributed by atoms with Gasteiger partial charge in [0.25, 0.3) is 0 Å². The van der Waals surface area contributed by atoms with Crippen LogP contribution >= 0.6 is 12.2 Å². The van der Waals surface area contributed by atoms with Crippen molar-refractivity contribution in [3.05, 3.63) is 101 Å². The van der Waals surface area contributed by atoms with Crippen LogP contribution in [0.2, 0.25) is 0 Å². The number of Topliss-reactive ketones (excluding diaryl/α,β-unsaturated/α-hetero) is 1. The number of ketones is 1. The number of piperidine rings is 1. The standard InChI is InChI=1S/C25H25NOS.2C2H6.H2O/c1-4-7-23-22(6-3)21(16-26-25(23)28)15-18-10-13-20(14-18)24(27)19-11-8-17(5-2)9-12-19;2*1-2;/h4,8-9,11-15,23H,1,3,5,7,10,16H2,2H3,(H,26,28);2*1-2H3;1H2/b21-15+;;;. The van der Waals surface area contributed by atoms with E-state index in [-0.39, 0.29) is 17.2 Å². The van der Waals surface area contributed by atoms with E-state index in [1.807, 2.05) is 70.2 Å². The van der Waals surface area contributed by atoms with E-state index in [4.69, 9.17) is 12.2 Å². The molecular formula is C29H39NO2S. The minimum absolute atomic E-state index is 0. The summed E-state index contributed by atoms with van der Waals surface area (Å²) in [6.07, 6.45) is 10.5. The molecule has 1 atom stereocenters. The summed E-state index contributed by atoms with van der Waals surface area (Å²) in [5.41, 5.74) is 9.06. The Bertz CT molecular complexity index is 958. The van der Waals surface area contributed by atoms with Crippen molar-refractivity contribution in [2.24, 2.45) is 5.92 Å². The lowest BCUT2D eigenvalue weighted by atomic mass is 9.86. The summed E-state index contributed by atoms with van der Waals surface area (Å²) in [6.45, 7) is 18.5. The Morgan fingerprint density at radius 1 is 1.21 bits per heavy atom. The molecule has 3 rings (SSSR count).